The van der Waals surface area contributed by atoms with E-state index in [0.29, 0.717) is 5.92 Å². The summed E-state index contributed by atoms with van der Waals surface area (Å²) in [5.74, 6) is 1.52. The van der Waals surface area contributed by atoms with Crippen molar-refractivity contribution in [2.45, 2.75) is 69.4 Å². The van der Waals surface area contributed by atoms with E-state index in [0.717, 1.165) is 16.3 Å². The molecular formula is C19H28ClNOS. The minimum atomic E-state index is -0.456. The third-order valence-electron chi connectivity index (χ3n) is 4.81. The lowest BCUT2D eigenvalue weighted by Crippen LogP contribution is -2.47. The average molecular weight is 354 g/mol. The summed E-state index contributed by atoms with van der Waals surface area (Å²) in [5, 5.41) is 4.02. The van der Waals surface area contributed by atoms with Gasteiger partial charge in [-0.05, 0) is 51.2 Å². The predicted octanol–water partition coefficient (Wildman–Crippen LogP) is 5.44. The van der Waals surface area contributed by atoms with Crippen molar-refractivity contribution in [1.82, 2.24) is 5.32 Å². The summed E-state index contributed by atoms with van der Waals surface area (Å²) in [6.45, 7) is 6.15. The molecule has 0 heterocycles. The normalized spacial score (nSPS) is 17.7. The van der Waals surface area contributed by atoms with Crippen molar-refractivity contribution in [1.29, 1.82) is 0 Å². The van der Waals surface area contributed by atoms with Gasteiger partial charge in [0.1, 0.15) is 0 Å². The molecule has 1 atom stereocenters. The van der Waals surface area contributed by atoms with Crippen LogP contribution in [0.2, 0.25) is 5.02 Å². The van der Waals surface area contributed by atoms with Crippen LogP contribution in [0.5, 0.6) is 0 Å². The summed E-state index contributed by atoms with van der Waals surface area (Å²) in [7, 11) is 0. The zero-order valence-electron chi connectivity index (χ0n) is 14.4. The van der Waals surface area contributed by atoms with Gasteiger partial charge in [0.05, 0.1) is 4.75 Å². The van der Waals surface area contributed by atoms with Crippen LogP contribution in [-0.2, 0) is 10.5 Å². The molecule has 1 saturated carbocycles. The molecule has 0 spiro atoms. The molecule has 0 bridgehead atoms. The Morgan fingerprint density at radius 2 is 1.96 bits per heavy atom. The van der Waals surface area contributed by atoms with Crippen LogP contribution in [0.4, 0.5) is 0 Å². The molecule has 1 fully saturated rings. The first-order valence-corrected chi connectivity index (χ1v) is 9.95. The molecule has 0 saturated heterocycles. The molecule has 1 aromatic carbocycles. The van der Waals surface area contributed by atoms with Crippen LogP contribution in [0.1, 0.15) is 58.4 Å². The van der Waals surface area contributed by atoms with E-state index in [1.165, 1.54) is 32.1 Å². The largest absolute Gasteiger partial charge is 0.352 e. The Labute approximate surface area is 149 Å². The molecule has 0 unspecified atom stereocenters. The second-order valence-corrected chi connectivity index (χ2v) is 9.06. The molecule has 1 aromatic rings. The van der Waals surface area contributed by atoms with Gasteiger partial charge in [-0.1, -0.05) is 49.1 Å². The summed E-state index contributed by atoms with van der Waals surface area (Å²) in [6, 6.07) is 8.10. The molecule has 1 N–H and O–H groups in total. The Kier molecular flexibility index (Phi) is 6.84. The van der Waals surface area contributed by atoms with Gasteiger partial charge in [-0.2, -0.15) is 0 Å². The van der Waals surface area contributed by atoms with Gasteiger partial charge in [0, 0.05) is 16.8 Å². The van der Waals surface area contributed by atoms with E-state index in [2.05, 4.69) is 12.2 Å². The molecule has 2 nitrogen and oxygen atoms in total. The molecule has 1 amide bonds. The monoisotopic (exact) mass is 353 g/mol. The fourth-order valence-corrected chi connectivity index (χ4v) is 4.31. The number of hydrogen-bond donors (Lipinski definition) is 1. The van der Waals surface area contributed by atoms with Gasteiger partial charge in [-0.15, -0.1) is 11.8 Å². The smallest absolute Gasteiger partial charge is 0.235 e. The Morgan fingerprint density at radius 1 is 1.30 bits per heavy atom. The van der Waals surface area contributed by atoms with Crippen LogP contribution in [0.25, 0.3) is 0 Å². The lowest BCUT2D eigenvalue weighted by Gasteiger charge is -2.31. The zero-order chi connectivity index (χ0) is 16.9. The summed E-state index contributed by atoms with van der Waals surface area (Å²) in [6.07, 6.45) is 6.44. The van der Waals surface area contributed by atoms with Crippen molar-refractivity contribution in [3.05, 3.63) is 34.9 Å². The molecular weight excluding hydrogens is 326 g/mol. The highest BCUT2D eigenvalue weighted by Gasteiger charge is 2.31. The molecule has 0 radical (unpaired) electrons. The van der Waals surface area contributed by atoms with E-state index < -0.39 is 4.75 Å². The average Bonchev–Trinajstić information content (AvgIpc) is 2.55. The van der Waals surface area contributed by atoms with Crippen molar-refractivity contribution in [3.63, 3.8) is 0 Å². The number of carbonyl (C=O) groups excluding carboxylic acids is 1. The maximum atomic E-state index is 12.7. The third kappa shape index (κ3) is 5.42. The summed E-state index contributed by atoms with van der Waals surface area (Å²) in [5.41, 5.74) is 1.08. The second kappa shape index (κ2) is 8.43. The van der Waals surface area contributed by atoms with E-state index in [9.17, 15) is 4.79 Å². The van der Waals surface area contributed by atoms with Crippen LogP contribution in [-0.4, -0.2) is 16.7 Å². The van der Waals surface area contributed by atoms with Crippen molar-refractivity contribution < 1.29 is 4.79 Å². The minimum absolute atomic E-state index is 0.132. The van der Waals surface area contributed by atoms with Gasteiger partial charge >= 0.3 is 0 Å². The Hall–Kier alpha value is -0.670. The molecule has 2 rings (SSSR count). The highest BCUT2D eigenvalue weighted by Crippen LogP contribution is 2.32. The molecule has 0 aliphatic heterocycles. The minimum Gasteiger partial charge on any atom is -0.352 e. The lowest BCUT2D eigenvalue weighted by atomic mass is 9.84. The Morgan fingerprint density at radius 3 is 2.61 bits per heavy atom. The molecule has 128 valence electrons. The van der Waals surface area contributed by atoms with Crippen LogP contribution >= 0.6 is 23.4 Å². The van der Waals surface area contributed by atoms with Crippen LogP contribution < -0.4 is 5.32 Å². The quantitative estimate of drug-likeness (QED) is 0.738. The van der Waals surface area contributed by atoms with Crippen LogP contribution in [0.15, 0.2) is 24.3 Å². The number of thioether (sulfide) groups is 1. The van der Waals surface area contributed by atoms with E-state index in [1.54, 1.807) is 11.8 Å². The SMILES string of the molecule is C[C@H](NC(=O)C(C)(C)SCc1ccccc1Cl)C1CCCCC1. The first kappa shape index (κ1) is 18.7. The number of carbonyl (C=O) groups is 1. The summed E-state index contributed by atoms with van der Waals surface area (Å²) < 4.78 is -0.456. The van der Waals surface area contributed by atoms with E-state index in [4.69, 9.17) is 11.6 Å². The molecule has 4 heteroatoms. The van der Waals surface area contributed by atoms with E-state index in [1.807, 2.05) is 38.1 Å². The molecule has 1 aliphatic rings. The van der Waals surface area contributed by atoms with Crippen molar-refractivity contribution >= 4 is 29.3 Å². The van der Waals surface area contributed by atoms with E-state index in [-0.39, 0.29) is 11.9 Å². The fraction of sp³-hybridized carbons (Fsp3) is 0.632. The predicted molar refractivity (Wildman–Crippen MR) is 101 cm³/mol. The van der Waals surface area contributed by atoms with Gasteiger partial charge in [0.2, 0.25) is 5.91 Å². The van der Waals surface area contributed by atoms with Gasteiger partial charge in [0.15, 0.2) is 0 Å². The number of nitrogens with one attached hydrogen (secondary N) is 1. The maximum Gasteiger partial charge on any atom is 0.235 e. The number of halogens is 1. The highest BCUT2D eigenvalue weighted by atomic mass is 35.5. The Bertz CT molecular complexity index is 526. The highest BCUT2D eigenvalue weighted by molar-refractivity contribution is 8.00. The van der Waals surface area contributed by atoms with Crippen molar-refractivity contribution in [2.75, 3.05) is 0 Å². The van der Waals surface area contributed by atoms with Gasteiger partial charge in [0.25, 0.3) is 0 Å². The lowest BCUT2D eigenvalue weighted by molar-refractivity contribution is -0.123. The number of rotatable bonds is 6. The van der Waals surface area contributed by atoms with Gasteiger partial charge in [-0.25, -0.2) is 0 Å². The van der Waals surface area contributed by atoms with Crippen LogP contribution in [0.3, 0.4) is 0 Å². The second-order valence-electron chi connectivity index (χ2n) is 7.05. The molecule has 23 heavy (non-hydrogen) atoms. The van der Waals surface area contributed by atoms with Crippen LogP contribution in [0, 0.1) is 5.92 Å². The molecule has 1 aliphatic carbocycles. The summed E-state index contributed by atoms with van der Waals surface area (Å²) in [4.78, 5) is 12.7. The number of amides is 1. The van der Waals surface area contributed by atoms with Crippen molar-refractivity contribution in [3.8, 4) is 0 Å². The topological polar surface area (TPSA) is 29.1 Å². The fourth-order valence-electron chi connectivity index (χ4n) is 3.07. The third-order valence-corrected chi connectivity index (χ3v) is 6.54. The molecule has 0 aromatic heterocycles. The van der Waals surface area contributed by atoms with E-state index >= 15 is 0 Å². The number of benzene rings is 1. The standard InChI is InChI=1S/C19H28ClNOS/c1-14(15-9-5-4-6-10-15)21-18(22)19(2,3)23-13-16-11-7-8-12-17(16)20/h7-8,11-12,14-15H,4-6,9-10,13H2,1-3H3,(H,21,22)/t14-/m0/s1. The van der Waals surface area contributed by atoms with Gasteiger partial charge in [-0.3, -0.25) is 4.79 Å². The maximum absolute atomic E-state index is 12.7. The Balaban J connectivity index is 1.87. The van der Waals surface area contributed by atoms with Gasteiger partial charge < -0.3 is 5.32 Å². The van der Waals surface area contributed by atoms with Crippen molar-refractivity contribution in [2.24, 2.45) is 5.92 Å². The number of hydrogen-bond acceptors (Lipinski definition) is 2. The summed E-state index contributed by atoms with van der Waals surface area (Å²) >= 11 is 7.85. The zero-order valence-corrected chi connectivity index (χ0v) is 16.0. The first-order chi connectivity index (χ1) is 10.9. The first-order valence-electron chi connectivity index (χ1n) is 8.58.